The van der Waals surface area contributed by atoms with Crippen LogP contribution in [-0.2, 0) is 23.8 Å². The van der Waals surface area contributed by atoms with E-state index in [1.54, 1.807) is 0 Å². The second-order valence-electron chi connectivity index (χ2n) is 7.66. The van der Waals surface area contributed by atoms with Crippen LogP contribution in [0.2, 0.25) is 0 Å². The summed E-state index contributed by atoms with van der Waals surface area (Å²) in [5.74, 6) is -1.09. The van der Waals surface area contributed by atoms with Gasteiger partial charge in [-0.3, -0.25) is 15.0 Å². The third kappa shape index (κ3) is 6.89. The molecule has 2 heterocycles. The van der Waals surface area contributed by atoms with Crippen molar-refractivity contribution in [1.29, 1.82) is 0 Å². The van der Waals surface area contributed by atoms with E-state index in [9.17, 15) is 35.1 Å². The smallest absolute Gasteiger partial charge is 0.217 e. The van der Waals surface area contributed by atoms with Gasteiger partial charge in [0, 0.05) is 13.8 Å². The molecule has 10 atom stereocenters. The number of hydrogen-bond donors (Lipinski definition) is 10. The van der Waals surface area contributed by atoms with E-state index >= 15 is 0 Å². The Balaban J connectivity index is 2.30. The van der Waals surface area contributed by atoms with Gasteiger partial charge in [-0.05, 0) is 12.2 Å². The molecule has 0 spiro atoms. The van der Waals surface area contributed by atoms with Crippen LogP contribution in [0.4, 0.5) is 0 Å². The van der Waals surface area contributed by atoms with Gasteiger partial charge in [0.05, 0.1) is 19.3 Å². The topological polar surface area (TPSA) is 237 Å². The number of aliphatic hydroxyl groups excluding tert-OH is 5. The Hall–Kier alpha value is -1.73. The molecule has 0 bridgehead atoms. The SMILES string of the molecule is CC(=O)N[C@@H]1[C@@H](O)[C@H](O[C@@H]2O[C@H](CO)[C@H](O)[C@H](O)[C@H]2NC(C)=O)[C@@H](CO)O[C@H]1NNC(N)=S. The van der Waals surface area contributed by atoms with Crippen molar-refractivity contribution in [2.75, 3.05) is 13.2 Å². The highest BCUT2D eigenvalue weighted by atomic mass is 32.1. The van der Waals surface area contributed by atoms with E-state index in [0.717, 1.165) is 0 Å². The average molecular weight is 498 g/mol. The number of hydrazine groups is 1. The Morgan fingerprint density at radius 3 is 2.03 bits per heavy atom. The number of thiocarbonyl (C=S) groups is 1. The van der Waals surface area contributed by atoms with Gasteiger partial charge >= 0.3 is 0 Å². The van der Waals surface area contributed by atoms with Crippen LogP contribution in [0, 0.1) is 0 Å². The van der Waals surface area contributed by atoms with Gasteiger partial charge in [0.1, 0.15) is 48.9 Å². The fourth-order valence-electron chi connectivity index (χ4n) is 3.67. The number of carbonyl (C=O) groups excluding carboxylic acids is 2. The number of ether oxygens (including phenoxy) is 3. The van der Waals surface area contributed by atoms with Gasteiger partial charge in [-0.1, -0.05) is 0 Å². The highest BCUT2D eigenvalue weighted by Gasteiger charge is 2.51. The van der Waals surface area contributed by atoms with Crippen molar-refractivity contribution in [1.82, 2.24) is 21.5 Å². The largest absolute Gasteiger partial charge is 0.394 e. The molecule has 0 aromatic carbocycles. The summed E-state index contributed by atoms with van der Waals surface area (Å²) in [5, 5.41) is 55.6. The summed E-state index contributed by atoms with van der Waals surface area (Å²) in [4.78, 5) is 23.3. The summed E-state index contributed by atoms with van der Waals surface area (Å²) in [5.41, 5.74) is 10.4. The van der Waals surface area contributed by atoms with Crippen LogP contribution in [0.1, 0.15) is 13.8 Å². The number of nitrogens with one attached hydrogen (secondary N) is 4. The van der Waals surface area contributed by atoms with E-state index in [1.807, 2.05) is 0 Å². The molecule has 0 saturated carbocycles. The Labute approximate surface area is 194 Å². The maximum atomic E-state index is 11.7. The van der Waals surface area contributed by atoms with E-state index in [2.05, 4.69) is 21.5 Å². The van der Waals surface area contributed by atoms with Crippen molar-refractivity contribution in [3.05, 3.63) is 0 Å². The fourth-order valence-corrected chi connectivity index (χ4v) is 3.73. The molecule has 2 aliphatic rings. The number of nitrogens with two attached hydrogens (primary N) is 1. The number of aliphatic hydroxyl groups is 5. The third-order valence-electron chi connectivity index (χ3n) is 5.15. The standard InChI is InChI=1S/C17H31N5O10S/c1-5(25)19-9-13(29)14(8(4-24)30-15(9)21-22-17(18)33)32-16-10(20-6(2)26)12(28)11(27)7(3-23)31-16/h7-16,21,23-24,27-29H,3-4H2,1-2H3,(H,19,25)(H,20,26)(H3,18,22,33)/t7-,8-,9-,10-,11+,12-,13-,14-,15-,16+/m1/s1. The summed E-state index contributed by atoms with van der Waals surface area (Å²) in [6.45, 7) is 1.05. The highest BCUT2D eigenvalue weighted by molar-refractivity contribution is 7.80. The van der Waals surface area contributed by atoms with Crippen molar-refractivity contribution in [2.24, 2.45) is 5.73 Å². The summed E-state index contributed by atoms with van der Waals surface area (Å²) < 4.78 is 17.0. The first kappa shape index (κ1) is 27.5. The second-order valence-corrected chi connectivity index (χ2v) is 8.10. The lowest BCUT2D eigenvalue weighted by molar-refractivity contribution is -0.316. The van der Waals surface area contributed by atoms with Crippen molar-refractivity contribution in [2.45, 2.75) is 75.1 Å². The average Bonchev–Trinajstić information content (AvgIpc) is 2.74. The molecule has 2 aliphatic heterocycles. The fraction of sp³-hybridized carbons (Fsp3) is 0.824. The molecule has 2 rings (SSSR count). The molecular formula is C17H31N5O10S. The minimum Gasteiger partial charge on any atom is -0.394 e. The zero-order chi connectivity index (χ0) is 24.9. The first-order valence-corrected chi connectivity index (χ1v) is 10.5. The molecule has 2 saturated heterocycles. The quantitative estimate of drug-likeness (QED) is 0.111. The predicted octanol–water partition coefficient (Wildman–Crippen LogP) is -5.76. The minimum absolute atomic E-state index is 0.148. The van der Waals surface area contributed by atoms with Gasteiger partial charge < -0.3 is 56.1 Å². The summed E-state index contributed by atoms with van der Waals surface area (Å²) in [6, 6.07) is -2.43. The zero-order valence-electron chi connectivity index (χ0n) is 18.0. The van der Waals surface area contributed by atoms with Crippen LogP contribution in [-0.4, -0.2) is 117 Å². The van der Waals surface area contributed by atoms with Crippen LogP contribution in [0.3, 0.4) is 0 Å². The molecule has 15 nitrogen and oxygen atoms in total. The van der Waals surface area contributed by atoms with Crippen LogP contribution in [0.25, 0.3) is 0 Å². The van der Waals surface area contributed by atoms with Crippen LogP contribution >= 0.6 is 12.2 Å². The van der Waals surface area contributed by atoms with Crippen LogP contribution < -0.4 is 27.2 Å². The van der Waals surface area contributed by atoms with Crippen LogP contribution in [0.15, 0.2) is 0 Å². The lowest BCUT2D eigenvalue weighted by atomic mass is 9.94. The van der Waals surface area contributed by atoms with Gasteiger partial charge in [-0.2, -0.15) is 0 Å². The van der Waals surface area contributed by atoms with Crippen molar-refractivity contribution >= 4 is 29.1 Å². The minimum atomic E-state index is -1.59. The Bertz CT molecular complexity index is 705. The number of carbonyl (C=O) groups is 2. The molecular weight excluding hydrogens is 466 g/mol. The molecule has 16 heteroatoms. The van der Waals surface area contributed by atoms with E-state index < -0.39 is 86.3 Å². The predicted molar refractivity (Wildman–Crippen MR) is 113 cm³/mol. The van der Waals surface area contributed by atoms with Gasteiger partial charge in [0.2, 0.25) is 11.8 Å². The van der Waals surface area contributed by atoms with E-state index in [4.69, 9.17) is 32.2 Å². The molecule has 0 radical (unpaired) electrons. The first-order chi connectivity index (χ1) is 15.5. The monoisotopic (exact) mass is 497 g/mol. The lowest BCUT2D eigenvalue weighted by Gasteiger charge is -2.48. The van der Waals surface area contributed by atoms with Gasteiger partial charge in [0.15, 0.2) is 11.4 Å². The first-order valence-electron chi connectivity index (χ1n) is 10.1. The Morgan fingerprint density at radius 1 is 0.939 bits per heavy atom. The number of rotatable bonds is 8. The third-order valence-corrected chi connectivity index (χ3v) is 5.25. The van der Waals surface area contributed by atoms with E-state index in [1.165, 1.54) is 13.8 Å². The lowest BCUT2D eigenvalue weighted by Crippen LogP contribution is -2.71. The molecule has 190 valence electrons. The van der Waals surface area contributed by atoms with Gasteiger partial charge in [-0.15, -0.1) is 0 Å². The number of amides is 2. The maximum absolute atomic E-state index is 11.7. The van der Waals surface area contributed by atoms with E-state index in [-0.39, 0.29) is 5.11 Å². The molecule has 2 amide bonds. The Morgan fingerprint density at radius 2 is 1.52 bits per heavy atom. The molecule has 0 unspecified atom stereocenters. The Kier molecular flexibility index (Phi) is 10.1. The van der Waals surface area contributed by atoms with E-state index in [0.29, 0.717) is 0 Å². The normalized spacial score (nSPS) is 38.9. The number of hydrogen-bond acceptors (Lipinski definition) is 12. The molecule has 33 heavy (non-hydrogen) atoms. The maximum Gasteiger partial charge on any atom is 0.217 e. The summed E-state index contributed by atoms with van der Waals surface area (Å²) in [6.07, 6.45) is -11.0. The molecule has 11 N–H and O–H groups in total. The summed E-state index contributed by atoms with van der Waals surface area (Å²) >= 11 is 4.71. The second kappa shape index (κ2) is 12.1. The molecule has 0 aromatic heterocycles. The molecule has 2 fully saturated rings. The molecule has 0 aliphatic carbocycles. The summed E-state index contributed by atoms with van der Waals surface area (Å²) in [7, 11) is 0. The highest BCUT2D eigenvalue weighted by Crippen LogP contribution is 2.28. The van der Waals surface area contributed by atoms with Gasteiger partial charge in [0.25, 0.3) is 0 Å². The van der Waals surface area contributed by atoms with Crippen molar-refractivity contribution in [3.63, 3.8) is 0 Å². The van der Waals surface area contributed by atoms with Gasteiger partial charge in [-0.25, -0.2) is 5.43 Å². The van der Waals surface area contributed by atoms with Crippen molar-refractivity contribution < 1.29 is 49.3 Å². The van der Waals surface area contributed by atoms with Crippen LogP contribution in [0.5, 0.6) is 0 Å². The zero-order valence-corrected chi connectivity index (χ0v) is 18.8. The van der Waals surface area contributed by atoms with Crippen molar-refractivity contribution in [3.8, 4) is 0 Å². The molecule has 0 aromatic rings.